The van der Waals surface area contributed by atoms with E-state index >= 15 is 0 Å². The van der Waals surface area contributed by atoms with Crippen LogP contribution < -0.4 is 9.47 Å². The van der Waals surface area contributed by atoms with Gasteiger partial charge in [0.1, 0.15) is 18.1 Å². The molecule has 5 heteroatoms. The van der Waals surface area contributed by atoms with Gasteiger partial charge in [-0.3, -0.25) is 4.79 Å². The van der Waals surface area contributed by atoms with E-state index in [2.05, 4.69) is 0 Å². The number of aliphatic carboxylic acids is 1. The van der Waals surface area contributed by atoms with Crippen molar-refractivity contribution in [1.29, 1.82) is 0 Å². The summed E-state index contributed by atoms with van der Waals surface area (Å²) < 4.78 is 10.6. The Hall–Kier alpha value is -2.01. The molecule has 0 spiro atoms. The number of methoxy groups -OCH3 is 1. The number of ether oxygens (including phenoxy) is 2. The van der Waals surface area contributed by atoms with E-state index in [1.54, 1.807) is 42.7 Å². The van der Waals surface area contributed by atoms with Gasteiger partial charge in [-0.15, -0.1) is 11.3 Å². The minimum absolute atomic E-state index is 0.152. The van der Waals surface area contributed by atoms with Crippen LogP contribution in [0, 0.1) is 5.92 Å². The maximum Gasteiger partial charge on any atom is 0.310 e. The molecule has 1 aromatic carbocycles. The summed E-state index contributed by atoms with van der Waals surface area (Å²) in [6, 6.07) is 11.0. The van der Waals surface area contributed by atoms with Crippen molar-refractivity contribution in [3.05, 3.63) is 46.7 Å². The van der Waals surface area contributed by atoms with Gasteiger partial charge in [0.2, 0.25) is 0 Å². The van der Waals surface area contributed by atoms with Crippen LogP contribution in [0.4, 0.5) is 0 Å². The lowest BCUT2D eigenvalue weighted by Crippen LogP contribution is -2.23. The molecule has 4 nitrogen and oxygen atoms in total. The maximum absolute atomic E-state index is 11.3. The van der Waals surface area contributed by atoms with Crippen molar-refractivity contribution in [2.75, 3.05) is 13.7 Å². The van der Waals surface area contributed by atoms with Crippen LogP contribution >= 0.6 is 11.3 Å². The van der Waals surface area contributed by atoms with Crippen molar-refractivity contribution in [1.82, 2.24) is 0 Å². The van der Waals surface area contributed by atoms with Gasteiger partial charge < -0.3 is 14.6 Å². The minimum Gasteiger partial charge on any atom is -0.497 e. The van der Waals surface area contributed by atoms with Gasteiger partial charge in [0.25, 0.3) is 0 Å². The minimum atomic E-state index is -0.841. The van der Waals surface area contributed by atoms with Crippen LogP contribution in [-0.4, -0.2) is 24.8 Å². The average molecular weight is 292 g/mol. The fourth-order valence-corrected chi connectivity index (χ4v) is 2.54. The van der Waals surface area contributed by atoms with Gasteiger partial charge in [0, 0.05) is 4.88 Å². The standard InChI is InChI=1S/C15H16O4S/c1-18-12-4-6-13(7-5-12)19-10-11(15(16)17)9-14-3-2-8-20-14/h2-8,11H,9-10H2,1H3,(H,16,17). The number of carboxylic acids is 1. The second kappa shape index (κ2) is 6.96. The number of hydrogen-bond donors (Lipinski definition) is 1. The highest BCUT2D eigenvalue weighted by atomic mass is 32.1. The van der Waals surface area contributed by atoms with E-state index in [9.17, 15) is 9.90 Å². The summed E-state index contributed by atoms with van der Waals surface area (Å²) in [4.78, 5) is 12.3. The number of thiophene rings is 1. The normalized spacial score (nSPS) is 11.8. The molecule has 2 aromatic rings. The monoisotopic (exact) mass is 292 g/mol. The van der Waals surface area contributed by atoms with E-state index in [1.807, 2.05) is 17.5 Å². The molecular formula is C15H16O4S. The number of benzene rings is 1. The molecule has 0 aliphatic carbocycles. The molecule has 106 valence electrons. The molecule has 0 aliphatic heterocycles. The van der Waals surface area contributed by atoms with E-state index in [4.69, 9.17) is 9.47 Å². The highest BCUT2D eigenvalue weighted by Gasteiger charge is 2.19. The third-order valence-corrected chi connectivity index (χ3v) is 3.79. The van der Waals surface area contributed by atoms with E-state index in [1.165, 1.54) is 0 Å². The topological polar surface area (TPSA) is 55.8 Å². The number of rotatable bonds is 7. The first kappa shape index (κ1) is 14.4. The fourth-order valence-electron chi connectivity index (χ4n) is 1.76. The van der Waals surface area contributed by atoms with Crippen LogP contribution in [0.25, 0.3) is 0 Å². The lowest BCUT2D eigenvalue weighted by molar-refractivity contribution is -0.142. The molecule has 1 N–H and O–H groups in total. The Morgan fingerprint density at radius 3 is 2.50 bits per heavy atom. The first-order chi connectivity index (χ1) is 9.69. The predicted molar refractivity (Wildman–Crippen MR) is 77.6 cm³/mol. The predicted octanol–water partition coefficient (Wildman–Crippen LogP) is 3.08. The summed E-state index contributed by atoms with van der Waals surface area (Å²) in [6.45, 7) is 0.152. The van der Waals surface area contributed by atoms with Crippen LogP contribution in [0.1, 0.15) is 4.88 Å². The molecule has 2 rings (SSSR count). The smallest absolute Gasteiger partial charge is 0.310 e. The average Bonchev–Trinajstić information content (AvgIpc) is 2.96. The van der Waals surface area contributed by atoms with E-state index in [0.717, 1.165) is 10.6 Å². The van der Waals surface area contributed by atoms with Crippen molar-refractivity contribution in [3.8, 4) is 11.5 Å². The molecule has 0 saturated heterocycles. The van der Waals surface area contributed by atoms with Crippen molar-refractivity contribution >= 4 is 17.3 Å². The first-order valence-electron chi connectivity index (χ1n) is 6.21. The molecule has 1 unspecified atom stereocenters. The zero-order valence-corrected chi connectivity index (χ0v) is 11.9. The molecule has 0 saturated carbocycles. The zero-order chi connectivity index (χ0) is 14.4. The Kier molecular flexibility index (Phi) is 5.01. The van der Waals surface area contributed by atoms with Crippen LogP contribution in [0.2, 0.25) is 0 Å². The largest absolute Gasteiger partial charge is 0.497 e. The third kappa shape index (κ3) is 3.99. The molecule has 0 fully saturated rings. The Balaban J connectivity index is 1.92. The van der Waals surface area contributed by atoms with Gasteiger partial charge in [-0.25, -0.2) is 0 Å². The Bertz CT molecular complexity index is 534. The molecule has 1 atom stereocenters. The summed E-state index contributed by atoms with van der Waals surface area (Å²) in [5, 5.41) is 11.2. The van der Waals surface area contributed by atoms with E-state index in [0.29, 0.717) is 12.2 Å². The van der Waals surface area contributed by atoms with Gasteiger partial charge >= 0.3 is 5.97 Å². The van der Waals surface area contributed by atoms with Gasteiger partial charge in [-0.1, -0.05) is 6.07 Å². The van der Waals surface area contributed by atoms with Gasteiger partial charge in [0.15, 0.2) is 0 Å². The summed E-state index contributed by atoms with van der Waals surface area (Å²) in [5.74, 6) is -0.00314. The Morgan fingerprint density at radius 2 is 1.95 bits per heavy atom. The molecule has 0 aliphatic rings. The second-order valence-electron chi connectivity index (χ2n) is 4.31. The molecule has 0 radical (unpaired) electrons. The Morgan fingerprint density at radius 1 is 1.25 bits per heavy atom. The van der Waals surface area contributed by atoms with Gasteiger partial charge in [-0.2, -0.15) is 0 Å². The van der Waals surface area contributed by atoms with E-state index < -0.39 is 11.9 Å². The lowest BCUT2D eigenvalue weighted by Gasteiger charge is -2.13. The number of carboxylic acid groups (broad SMARTS) is 1. The number of hydrogen-bond acceptors (Lipinski definition) is 4. The van der Waals surface area contributed by atoms with Gasteiger partial charge in [0.05, 0.1) is 13.0 Å². The zero-order valence-electron chi connectivity index (χ0n) is 11.1. The lowest BCUT2D eigenvalue weighted by atomic mass is 10.1. The second-order valence-corrected chi connectivity index (χ2v) is 5.34. The van der Waals surface area contributed by atoms with Crippen LogP contribution in [0.15, 0.2) is 41.8 Å². The van der Waals surface area contributed by atoms with E-state index in [-0.39, 0.29) is 6.61 Å². The van der Waals surface area contributed by atoms with Crippen molar-refractivity contribution in [3.63, 3.8) is 0 Å². The summed E-state index contributed by atoms with van der Waals surface area (Å²) in [5.41, 5.74) is 0. The van der Waals surface area contributed by atoms with Crippen molar-refractivity contribution in [2.24, 2.45) is 5.92 Å². The molecule has 20 heavy (non-hydrogen) atoms. The van der Waals surface area contributed by atoms with Crippen molar-refractivity contribution < 1.29 is 19.4 Å². The fraction of sp³-hybridized carbons (Fsp3) is 0.267. The summed E-state index contributed by atoms with van der Waals surface area (Å²) in [7, 11) is 1.59. The van der Waals surface area contributed by atoms with Crippen molar-refractivity contribution in [2.45, 2.75) is 6.42 Å². The quantitative estimate of drug-likeness (QED) is 0.852. The Labute approximate surface area is 121 Å². The molecule has 1 heterocycles. The number of carbonyl (C=O) groups is 1. The molecule has 1 aromatic heterocycles. The van der Waals surface area contributed by atoms with Crippen LogP contribution in [0.3, 0.4) is 0 Å². The van der Waals surface area contributed by atoms with Gasteiger partial charge in [-0.05, 0) is 42.1 Å². The maximum atomic E-state index is 11.3. The third-order valence-electron chi connectivity index (χ3n) is 2.89. The van der Waals surface area contributed by atoms with Crippen LogP contribution in [0.5, 0.6) is 11.5 Å². The first-order valence-corrected chi connectivity index (χ1v) is 7.09. The highest BCUT2D eigenvalue weighted by molar-refractivity contribution is 7.09. The SMILES string of the molecule is COc1ccc(OCC(Cc2cccs2)C(=O)O)cc1. The molecule has 0 bridgehead atoms. The molecule has 0 amide bonds. The highest BCUT2D eigenvalue weighted by Crippen LogP contribution is 2.19. The summed E-state index contributed by atoms with van der Waals surface area (Å²) in [6.07, 6.45) is 0.489. The van der Waals surface area contributed by atoms with Crippen LogP contribution in [-0.2, 0) is 11.2 Å². The summed E-state index contributed by atoms with van der Waals surface area (Å²) >= 11 is 1.56. The molecular weight excluding hydrogens is 276 g/mol.